The molecule has 0 aliphatic carbocycles. The summed E-state index contributed by atoms with van der Waals surface area (Å²) in [5.41, 5.74) is -0.240. The summed E-state index contributed by atoms with van der Waals surface area (Å²) >= 11 is 0. The molecule has 1 rings (SSSR count). The van der Waals surface area contributed by atoms with Crippen molar-refractivity contribution in [1.29, 1.82) is 5.26 Å². The summed E-state index contributed by atoms with van der Waals surface area (Å²) in [7, 11) is 0. The van der Waals surface area contributed by atoms with E-state index in [1.807, 2.05) is 0 Å². The van der Waals surface area contributed by atoms with Crippen molar-refractivity contribution >= 4 is 5.78 Å². The van der Waals surface area contributed by atoms with Gasteiger partial charge in [0, 0.05) is 6.92 Å². The molecular formula is C8H5FN2O. The van der Waals surface area contributed by atoms with Crippen molar-refractivity contribution in [2.75, 3.05) is 0 Å². The average Bonchev–Trinajstić information content (AvgIpc) is 2.05. The number of rotatable bonds is 1. The van der Waals surface area contributed by atoms with Crippen LogP contribution in [-0.4, -0.2) is 10.8 Å². The molecule has 0 amide bonds. The number of carbonyl (C=O) groups excluding carboxylic acids is 1. The number of aromatic nitrogens is 1. The number of carbonyl (C=O) groups is 1. The fourth-order valence-corrected chi connectivity index (χ4v) is 0.751. The second-order valence-electron chi connectivity index (χ2n) is 2.19. The van der Waals surface area contributed by atoms with Crippen LogP contribution in [0.25, 0.3) is 0 Å². The van der Waals surface area contributed by atoms with E-state index in [0.29, 0.717) is 0 Å². The van der Waals surface area contributed by atoms with Gasteiger partial charge in [-0.05, 0) is 12.1 Å². The first-order chi connectivity index (χ1) is 5.65. The first-order valence-corrected chi connectivity index (χ1v) is 3.22. The van der Waals surface area contributed by atoms with Crippen LogP contribution in [0.1, 0.15) is 23.1 Å². The van der Waals surface area contributed by atoms with Crippen molar-refractivity contribution in [1.82, 2.24) is 4.98 Å². The van der Waals surface area contributed by atoms with Gasteiger partial charge in [0.05, 0.1) is 0 Å². The summed E-state index contributed by atoms with van der Waals surface area (Å²) in [6.07, 6.45) is 0. The van der Waals surface area contributed by atoms with E-state index in [1.54, 1.807) is 6.07 Å². The zero-order chi connectivity index (χ0) is 9.14. The number of nitrogens with zero attached hydrogens (tertiary/aromatic N) is 2. The maximum absolute atomic E-state index is 12.8. The van der Waals surface area contributed by atoms with Gasteiger partial charge < -0.3 is 0 Å². The fraction of sp³-hybridized carbons (Fsp3) is 0.125. The largest absolute Gasteiger partial charge is 0.293 e. The van der Waals surface area contributed by atoms with E-state index in [0.717, 1.165) is 6.07 Å². The Kier molecular flexibility index (Phi) is 2.15. The molecule has 0 spiro atoms. The predicted octanol–water partition coefficient (Wildman–Crippen LogP) is 1.29. The lowest BCUT2D eigenvalue weighted by Crippen LogP contribution is -2.02. The third kappa shape index (κ3) is 1.45. The van der Waals surface area contributed by atoms with Gasteiger partial charge in [-0.25, -0.2) is 9.37 Å². The third-order valence-corrected chi connectivity index (χ3v) is 1.29. The van der Waals surface area contributed by atoms with Gasteiger partial charge in [0.2, 0.25) is 0 Å². The summed E-state index contributed by atoms with van der Waals surface area (Å²) in [5.74, 6) is -1.17. The Morgan fingerprint density at radius 2 is 2.33 bits per heavy atom. The van der Waals surface area contributed by atoms with Crippen LogP contribution in [0.5, 0.6) is 0 Å². The molecule has 1 heterocycles. The lowest BCUT2D eigenvalue weighted by molar-refractivity contribution is 0.100. The molecule has 1 aromatic rings. The van der Waals surface area contributed by atoms with Crippen LogP contribution < -0.4 is 0 Å². The number of ketones is 1. The Bertz CT molecular complexity index is 368. The van der Waals surface area contributed by atoms with Crippen LogP contribution in [0.4, 0.5) is 4.39 Å². The summed E-state index contributed by atoms with van der Waals surface area (Å²) in [6, 6.07) is 4.00. The second-order valence-corrected chi connectivity index (χ2v) is 2.19. The van der Waals surface area contributed by atoms with Crippen LogP contribution >= 0.6 is 0 Å². The molecule has 0 N–H and O–H groups in total. The average molecular weight is 164 g/mol. The van der Waals surface area contributed by atoms with Crippen LogP contribution in [0.2, 0.25) is 0 Å². The van der Waals surface area contributed by atoms with Crippen LogP contribution in [-0.2, 0) is 0 Å². The molecule has 0 aromatic carbocycles. The number of hydrogen-bond acceptors (Lipinski definition) is 3. The van der Waals surface area contributed by atoms with Gasteiger partial charge in [0.25, 0.3) is 0 Å². The van der Waals surface area contributed by atoms with Crippen LogP contribution in [0.15, 0.2) is 12.1 Å². The lowest BCUT2D eigenvalue weighted by atomic mass is 10.2. The highest BCUT2D eigenvalue weighted by atomic mass is 19.1. The van der Waals surface area contributed by atoms with E-state index < -0.39 is 11.6 Å². The maximum atomic E-state index is 12.8. The van der Waals surface area contributed by atoms with E-state index in [-0.39, 0.29) is 11.4 Å². The van der Waals surface area contributed by atoms with E-state index in [2.05, 4.69) is 4.98 Å². The lowest BCUT2D eigenvalue weighted by Gasteiger charge is -1.96. The summed E-state index contributed by atoms with van der Waals surface area (Å²) in [5, 5.41) is 8.39. The zero-order valence-corrected chi connectivity index (χ0v) is 6.34. The number of pyridine rings is 1. The van der Waals surface area contributed by atoms with Crippen molar-refractivity contribution in [3.8, 4) is 6.07 Å². The summed E-state index contributed by atoms with van der Waals surface area (Å²) < 4.78 is 12.8. The SMILES string of the molecule is CC(=O)c1nc(C#N)ccc1F. The van der Waals surface area contributed by atoms with Gasteiger partial charge in [-0.2, -0.15) is 5.26 Å². The number of Topliss-reactive ketones (excluding diaryl/α,β-unsaturated/α-hetero) is 1. The predicted molar refractivity (Wildman–Crippen MR) is 38.9 cm³/mol. The normalized spacial score (nSPS) is 9.08. The molecule has 0 radical (unpaired) electrons. The molecule has 0 aliphatic heterocycles. The highest BCUT2D eigenvalue weighted by molar-refractivity contribution is 5.92. The van der Waals surface area contributed by atoms with Crippen molar-refractivity contribution in [2.24, 2.45) is 0 Å². The van der Waals surface area contributed by atoms with E-state index in [1.165, 1.54) is 13.0 Å². The molecule has 12 heavy (non-hydrogen) atoms. The molecule has 0 fully saturated rings. The van der Waals surface area contributed by atoms with Crippen molar-refractivity contribution in [3.63, 3.8) is 0 Å². The minimum Gasteiger partial charge on any atom is -0.293 e. The minimum absolute atomic E-state index is 0.0431. The molecule has 0 unspecified atom stereocenters. The third-order valence-electron chi connectivity index (χ3n) is 1.29. The van der Waals surface area contributed by atoms with Crippen molar-refractivity contribution in [3.05, 3.63) is 29.3 Å². The molecule has 0 saturated carbocycles. The standard InChI is InChI=1S/C8H5FN2O/c1-5(12)8-7(9)3-2-6(4-10)11-8/h2-3H,1H3. The molecular weight excluding hydrogens is 159 g/mol. The van der Waals surface area contributed by atoms with Crippen LogP contribution in [0.3, 0.4) is 0 Å². The van der Waals surface area contributed by atoms with Crippen LogP contribution in [0, 0.1) is 17.1 Å². The van der Waals surface area contributed by atoms with Crippen molar-refractivity contribution < 1.29 is 9.18 Å². The number of hydrogen-bond donors (Lipinski definition) is 0. The smallest absolute Gasteiger partial charge is 0.181 e. The Morgan fingerprint density at radius 1 is 1.67 bits per heavy atom. The number of halogens is 1. The Labute approximate surface area is 68.5 Å². The molecule has 1 aromatic heterocycles. The monoisotopic (exact) mass is 164 g/mol. The molecule has 0 aliphatic rings. The first-order valence-electron chi connectivity index (χ1n) is 3.22. The molecule has 0 bridgehead atoms. The van der Waals surface area contributed by atoms with E-state index in [4.69, 9.17) is 5.26 Å². The molecule has 0 saturated heterocycles. The zero-order valence-electron chi connectivity index (χ0n) is 6.34. The van der Waals surface area contributed by atoms with Gasteiger partial charge in [-0.3, -0.25) is 4.79 Å². The molecule has 0 atom stereocenters. The van der Waals surface area contributed by atoms with Gasteiger partial charge >= 0.3 is 0 Å². The molecule has 4 heteroatoms. The minimum atomic E-state index is -0.693. The highest BCUT2D eigenvalue weighted by Crippen LogP contribution is 2.05. The summed E-state index contributed by atoms with van der Waals surface area (Å²) in [6.45, 7) is 1.20. The summed E-state index contributed by atoms with van der Waals surface area (Å²) in [4.78, 5) is 14.2. The fourth-order valence-electron chi connectivity index (χ4n) is 0.751. The van der Waals surface area contributed by atoms with Gasteiger partial charge in [-0.15, -0.1) is 0 Å². The highest BCUT2D eigenvalue weighted by Gasteiger charge is 2.09. The topological polar surface area (TPSA) is 53.8 Å². The van der Waals surface area contributed by atoms with E-state index >= 15 is 0 Å². The Balaban J connectivity index is 3.28. The quantitative estimate of drug-likeness (QED) is 0.587. The van der Waals surface area contributed by atoms with Gasteiger partial charge in [-0.1, -0.05) is 0 Å². The number of nitriles is 1. The van der Waals surface area contributed by atoms with Crippen molar-refractivity contribution in [2.45, 2.75) is 6.92 Å². The first kappa shape index (κ1) is 8.34. The molecule has 60 valence electrons. The Morgan fingerprint density at radius 3 is 2.83 bits per heavy atom. The second kappa shape index (κ2) is 3.09. The Hall–Kier alpha value is -1.76. The molecule has 3 nitrogen and oxygen atoms in total. The maximum Gasteiger partial charge on any atom is 0.181 e. The van der Waals surface area contributed by atoms with Gasteiger partial charge in [0.15, 0.2) is 11.6 Å². The van der Waals surface area contributed by atoms with E-state index in [9.17, 15) is 9.18 Å². The van der Waals surface area contributed by atoms with Gasteiger partial charge in [0.1, 0.15) is 17.5 Å².